The van der Waals surface area contributed by atoms with Crippen molar-refractivity contribution in [3.8, 4) is 11.8 Å². The summed E-state index contributed by atoms with van der Waals surface area (Å²) in [6.45, 7) is 1.50. The van der Waals surface area contributed by atoms with Crippen molar-refractivity contribution in [2.45, 2.75) is 17.1 Å². The summed E-state index contributed by atoms with van der Waals surface area (Å²) < 4.78 is 29.2. The second-order valence-electron chi connectivity index (χ2n) is 3.48. The van der Waals surface area contributed by atoms with Crippen LogP contribution in [0.3, 0.4) is 0 Å². The lowest BCUT2D eigenvalue weighted by molar-refractivity contribution is 0.413. The Labute approximate surface area is 106 Å². The molecule has 0 aliphatic heterocycles. The largest absolute Gasteiger partial charge is 0.497 e. The molecule has 0 aromatic heterocycles. The van der Waals surface area contributed by atoms with Crippen LogP contribution in [0.2, 0.25) is 0 Å². The number of methoxy groups -OCH3 is 1. The molecule has 0 heterocycles. The van der Waals surface area contributed by atoms with Gasteiger partial charge in [-0.05, 0) is 19.1 Å². The van der Waals surface area contributed by atoms with Gasteiger partial charge in [0.1, 0.15) is 11.8 Å². The molecule has 6 heteroatoms. The van der Waals surface area contributed by atoms with Crippen molar-refractivity contribution in [1.82, 2.24) is 0 Å². The number of nitrogens with zero attached hydrogens (tertiary/aromatic N) is 1. The monoisotopic (exact) mass is 273 g/mol. The van der Waals surface area contributed by atoms with E-state index in [2.05, 4.69) is 0 Å². The first-order valence-corrected chi connectivity index (χ1v) is 6.93. The van der Waals surface area contributed by atoms with Crippen molar-refractivity contribution in [3.05, 3.63) is 23.8 Å². The number of hydrogen-bond donors (Lipinski definition) is 0. The standard InChI is InChI=1S/C11H12ClNO3S/c1-8(6-12)17(14,15)11-5-10(16-2)4-3-9(11)7-13/h3-5,8H,6H2,1-2H3. The van der Waals surface area contributed by atoms with Gasteiger partial charge in [0.05, 0.1) is 22.8 Å². The summed E-state index contributed by atoms with van der Waals surface area (Å²) >= 11 is 5.56. The molecule has 1 rings (SSSR count). The minimum atomic E-state index is -3.60. The van der Waals surface area contributed by atoms with Gasteiger partial charge >= 0.3 is 0 Å². The Balaban J connectivity index is 3.44. The number of ether oxygens (including phenoxy) is 1. The highest BCUT2D eigenvalue weighted by Gasteiger charge is 2.26. The molecule has 0 radical (unpaired) electrons. The van der Waals surface area contributed by atoms with Gasteiger partial charge in [-0.3, -0.25) is 0 Å². The SMILES string of the molecule is COc1ccc(C#N)c(S(=O)(=O)C(C)CCl)c1. The van der Waals surface area contributed by atoms with E-state index in [1.807, 2.05) is 6.07 Å². The number of halogens is 1. The maximum atomic E-state index is 12.1. The summed E-state index contributed by atoms with van der Waals surface area (Å²) in [5.41, 5.74) is 0.0998. The van der Waals surface area contributed by atoms with Gasteiger partial charge in [-0.1, -0.05) is 0 Å². The molecule has 0 aliphatic rings. The molecule has 0 bridgehead atoms. The molecule has 1 atom stereocenters. The summed E-state index contributed by atoms with van der Waals surface area (Å²) in [6, 6.07) is 6.17. The van der Waals surface area contributed by atoms with Crippen molar-refractivity contribution >= 4 is 21.4 Å². The van der Waals surface area contributed by atoms with Crippen molar-refractivity contribution in [3.63, 3.8) is 0 Å². The Morgan fingerprint density at radius 2 is 2.18 bits per heavy atom. The molecule has 0 aliphatic carbocycles. The number of benzene rings is 1. The molecule has 0 N–H and O–H groups in total. The average molecular weight is 274 g/mol. The molecule has 0 saturated heterocycles. The van der Waals surface area contributed by atoms with Gasteiger partial charge in [0, 0.05) is 11.9 Å². The van der Waals surface area contributed by atoms with E-state index in [1.165, 1.54) is 26.2 Å². The van der Waals surface area contributed by atoms with E-state index >= 15 is 0 Å². The van der Waals surface area contributed by atoms with Crippen molar-refractivity contribution < 1.29 is 13.2 Å². The predicted octanol–water partition coefficient (Wildman–Crippen LogP) is 1.97. The third kappa shape index (κ3) is 2.71. The quantitative estimate of drug-likeness (QED) is 0.787. The molecule has 0 fully saturated rings. The van der Waals surface area contributed by atoms with Crippen LogP contribution in [0, 0.1) is 11.3 Å². The third-order valence-electron chi connectivity index (χ3n) is 2.36. The molecule has 0 saturated carbocycles. The lowest BCUT2D eigenvalue weighted by Crippen LogP contribution is -2.20. The van der Waals surface area contributed by atoms with Crippen molar-refractivity contribution in [1.29, 1.82) is 5.26 Å². The zero-order chi connectivity index (χ0) is 13.1. The van der Waals surface area contributed by atoms with Gasteiger partial charge in [0.25, 0.3) is 0 Å². The van der Waals surface area contributed by atoms with Crippen LogP contribution < -0.4 is 4.74 Å². The molecular formula is C11H12ClNO3S. The smallest absolute Gasteiger partial charge is 0.183 e. The first kappa shape index (κ1) is 13.8. The Hall–Kier alpha value is -1.25. The van der Waals surface area contributed by atoms with E-state index in [1.54, 1.807) is 6.07 Å². The Bertz CT molecular complexity index is 548. The van der Waals surface area contributed by atoms with Crippen molar-refractivity contribution in [2.24, 2.45) is 0 Å². The van der Waals surface area contributed by atoms with E-state index in [4.69, 9.17) is 21.6 Å². The van der Waals surface area contributed by atoms with Gasteiger partial charge in [-0.25, -0.2) is 8.42 Å². The predicted molar refractivity (Wildman–Crippen MR) is 65.1 cm³/mol. The summed E-state index contributed by atoms with van der Waals surface area (Å²) in [5.74, 6) is 0.370. The molecule has 1 aromatic rings. The first-order chi connectivity index (χ1) is 7.97. The molecule has 92 valence electrons. The Kier molecular flexibility index (Phi) is 4.38. The lowest BCUT2D eigenvalue weighted by atomic mass is 10.2. The van der Waals surface area contributed by atoms with E-state index in [9.17, 15) is 8.42 Å². The van der Waals surface area contributed by atoms with Crippen LogP contribution in [0.4, 0.5) is 0 Å². The maximum Gasteiger partial charge on any atom is 0.183 e. The Morgan fingerprint density at radius 1 is 1.53 bits per heavy atom. The van der Waals surface area contributed by atoms with Crippen molar-refractivity contribution in [2.75, 3.05) is 13.0 Å². The third-order valence-corrected chi connectivity index (χ3v) is 5.19. The second-order valence-corrected chi connectivity index (χ2v) is 6.13. The number of rotatable bonds is 4. The highest BCUT2D eigenvalue weighted by Crippen LogP contribution is 2.25. The average Bonchev–Trinajstić information content (AvgIpc) is 2.36. The van der Waals surface area contributed by atoms with Crippen LogP contribution >= 0.6 is 11.6 Å². The molecule has 4 nitrogen and oxygen atoms in total. The number of sulfone groups is 1. The second kappa shape index (κ2) is 5.39. The van der Waals surface area contributed by atoms with Gasteiger partial charge in [-0.2, -0.15) is 5.26 Å². The van der Waals surface area contributed by atoms with Crippen LogP contribution in [-0.2, 0) is 9.84 Å². The fraction of sp³-hybridized carbons (Fsp3) is 0.364. The summed E-state index contributed by atoms with van der Waals surface area (Å²) in [6.07, 6.45) is 0. The molecular weight excluding hydrogens is 262 g/mol. The van der Waals surface area contributed by atoms with Gasteiger partial charge < -0.3 is 4.74 Å². The van der Waals surface area contributed by atoms with E-state index < -0.39 is 15.1 Å². The van der Waals surface area contributed by atoms with Crippen LogP contribution in [0.1, 0.15) is 12.5 Å². The zero-order valence-corrected chi connectivity index (χ0v) is 11.0. The summed E-state index contributed by atoms with van der Waals surface area (Å²) in [4.78, 5) is -0.0347. The van der Waals surface area contributed by atoms with Gasteiger partial charge in [0.15, 0.2) is 9.84 Å². The van der Waals surface area contributed by atoms with Crippen LogP contribution in [0.25, 0.3) is 0 Å². The lowest BCUT2D eigenvalue weighted by Gasteiger charge is -2.12. The van der Waals surface area contributed by atoms with Crippen LogP contribution in [0.5, 0.6) is 5.75 Å². The Morgan fingerprint density at radius 3 is 2.65 bits per heavy atom. The maximum absolute atomic E-state index is 12.1. The summed E-state index contributed by atoms with van der Waals surface area (Å²) in [7, 11) is -2.17. The number of alkyl halides is 1. The molecule has 1 unspecified atom stereocenters. The van der Waals surface area contributed by atoms with E-state index in [0.29, 0.717) is 5.75 Å². The zero-order valence-electron chi connectivity index (χ0n) is 9.47. The summed E-state index contributed by atoms with van der Waals surface area (Å²) in [5, 5.41) is 8.16. The molecule has 1 aromatic carbocycles. The highest BCUT2D eigenvalue weighted by atomic mass is 35.5. The fourth-order valence-corrected chi connectivity index (χ4v) is 3.05. The first-order valence-electron chi connectivity index (χ1n) is 4.85. The molecule has 0 spiro atoms. The number of hydrogen-bond acceptors (Lipinski definition) is 4. The molecule has 0 amide bonds. The molecule has 17 heavy (non-hydrogen) atoms. The fourth-order valence-electron chi connectivity index (χ4n) is 1.26. The normalized spacial score (nSPS) is 12.8. The van der Waals surface area contributed by atoms with Gasteiger partial charge in [0.2, 0.25) is 0 Å². The highest BCUT2D eigenvalue weighted by molar-refractivity contribution is 7.92. The minimum Gasteiger partial charge on any atom is -0.497 e. The minimum absolute atomic E-state index is 0.0234. The van der Waals surface area contributed by atoms with E-state index in [0.717, 1.165) is 0 Å². The van der Waals surface area contributed by atoms with Crippen LogP contribution in [-0.4, -0.2) is 26.7 Å². The van der Waals surface area contributed by atoms with Crippen LogP contribution in [0.15, 0.2) is 23.1 Å². The van der Waals surface area contributed by atoms with E-state index in [-0.39, 0.29) is 16.3 Å². The topological polar surface area (TPSA) is 67.2 Å². The number of nitriles is 1. The van der Waals surface area contributed by atoms with Gasteiger partial charge in [-0.15, -0.1) is 11.6 Å².